The SMILES string of the molecule is CC(=O)c1cnn(CC(C)C)c1. The minimum atomic E-state index is 0.0741. The summed E-state index contributed by atoms with van der Waals surface area (Å²) in [4.78, 5) is 10.9. The number of Topliss-reactive ketones (excluding diaryl/α,β-unsaturated/α-hetero) is 1. The third-order valence-corrected chi connectivity index (χ3v) is 1.59. The summed E-state index contributed by atoms with van der Waals surface area (Å²) in [7, 11) is 0. The molecule has 1 aromatic heterocycles. The fourth-order valence-corrected chi connectivity index (χ4v) is 1.02. The highest BCUT2D eigenvalue weighted by Crippen LogP contribution is 2.02. The number of nitrogens with zero attached hydrogens (tertiary/aromatic N) is 2. The molecule has 1 rings (SSSR count). The van der Waals surface area contributed by atoms with Crippen molar-refractivity contribution in [3.05, 3.63) is 18.0 Å². The monoisotopic (exact) mass is 166 g/mol. The third-order valence-electron chi connectivity index (χ3n) is 1.59. The zero-order chi connectivity index (χ0) is 9.14. The lowest BCUT2D eigenvalue weighted by atomic mass is 10.2. The molecule has 0 spiro atoms. The minimum absolute atomic E-state index is 0.0741. The van der Waals surface area contributed by atoms with Crippen molar-refractivity contribution in [3.8, 4) is 0 Å². The Bertz CT molecular complexity index is 276. The van der Waals surface area contributed by atoms with Crippen LogP contribution in [0.4, 0.5) is 0 Å². The van der Waals surface area contributed by atoms with Crippen LogP contribution in [0.5, 0.6) is 0 Å². The van der Waals surface area contributed by atoms with Gasteiger partial charge in [-0.05, 0) is 12.8 Å². The largest absolute Gasteiger partial charge is 0.294 e. The first kappa shape index (κ1) is 8.97. The molecule has 12 heavy (non-hydrogen) atoms. The molecule has 0 bridgehead atoms. The molecule has 0 aliphatic heterocycles. The molecule has 66 valence electrons. The normalized spacial score (nSPS) is 10.7. The van der Waals surface area contributed by atoms with Crippen molar-refractivity contribution in [2.24, 2.45) is 5.92 Å². The zero-order valence-corrected chi connectivity index (χ0v) is 7.74. The van der Waals surface area contributed by atoms with Gasteiger partial charge in [0.1, 0.15) is 0 Å². The molecule has 0 saturated carbocycles. The van der Waals surface area contributed by atoms with Gasteiger partial charge in [0.25, 0.3) is 0 Å². The van der Waals surface area contributed by atoms with E-state index in [0.717, 1.165) is 6.54 Å². The average molecular weight is 166 g/mol. The summed E-state index contributed by atoms with van der Waals surface area (Å²) in [5, 5.41) is 4.07. The zero-order valence-electron chi connectivity index (χ0n) is 7.74. The first-order chi connectivity index (χ1) is 5.59. The van der Waals surface area contributed by atoms with E-state index in [0.29, 0.717) is 11.5 Å². The van der Waals surface area contributed by atoms with Gasteiger partial charge in [0.05, 0.1) is 11.8 Å². The molecular formula is C9H14N2O. The van der Waals surface area contributed by atoms with Crippen molar-refractivity contribution in [2.45, 2.75) is 27.3 Å². The van der Waals surface area contributed by atoms with Crippen LogP contribution in [-0.4, -0.2) is 15.6 Å². The number of rotatable bonds is 3. The summed E-state index contributed by atoms with van der Waals surface area (Å²) in [5.74, 6) is 0.634. The Morgan fingerprint density at radius 2 is 2.33 bits per heavy atom. The Morgan fingerprint density at radius 3 is 2.75 bits per heavy atom. The molecule has 0 fully saturated rings. The summed E-state index contributed by atoms with van der Waals surface area (Å²) in [5.41, 5.74) is 0.690. The predicted molar refractivity (Wildman–Crippen MR) is 47.1 cm³/mol. The molecule has 0 atom stereocenters. The van der Waals surface area contributed by atoms with Crippen molar-refractivity contribution in [3.63, 3.8) is 0 Å². The molecule has 3 heteroatoms. The van der Waals surface area contributed by atoms with Crippen molar-refractivity contribution >= 4 is 5.78 Å². The maximum absolute atomic E-state index is 10.9. The summed E-state index contributed by atoms with van der Waals surface area (Å²) in [6, 6.07) is 0. The second kappa shape index (κ2) is 3.52. The second-order valence-electron chi connectivity index (χ2n) is 3.40. The van der Waals surface area contributed by atoms with Crippen LogP contribution >= 0.6 is 0 Å². The van der Waals surface area contributed by atoms with Gasteiger partial charge >= 0.3 is 0 Å². The number of aromatic nitrogens is 2. The second-order valence-corrected chi connectivity index (χ2v) is 3.40. The first-order valence-corrected chi connectivity index (χ1v) is 4.13. The lowest BCUT2D eigenvalue weighted by Gasteiger charge is -2.02. The number of carbonyl (C=O) groups is 1. The van der Waals surface area contributed by atoms with Crippen LogP contribution in [0.25, 0.3) is 0 Å². The maximum Gasteiger partial charge on any atom is 0.162 e. The molecule has 1 aromatic rings. The van der Waals surface area contributed by atoms with E-state index in [2.05, 4.69) is 18.9 Å². The molecule has 0 aromatic carbocycles. The van der Waals surface area contributed by atoms with Crippen molar-refractivity contribution in [2.75, 3.05) is 0 Å². The maximum atomic E-state index is 10.9. The average Bonchev–Trinajstić information content (AvgIpc) is 2.34. The highest BCUT2D eigenvalue weighted by molar-refractivity contribution is 5.93. The van der Waals surface area contributed by atoms with E-state index in [1.54, 1.807) is 24.0 Å². The van der Waals surface area contributed by atoms with E-state index in [4.69, 9.17) is 0 Å². The van der Waals surface area contributed by atoms with Crippen molar-refractivity contribution in [1.29, 1.82) is 0 Å². The minimum Gasteiger partial charge on any atom is -0.294 e. The van der Waals surface area contributed by atoms with Crippen LogP contribution < -0.4 is 0 Å². The molecule has 3 nitrogen and oxygen atoms in total. The van der Waals surface area contributed by atoms with E-state index in [1.807, 2.05) is 0 Å². The highest BCUT2D eigenvalue weighted by atomic mass is 16.1. The lowest BCUT2D eigenvalue weighted by Crippen LogP contribution is -2.04. The van der Waals surface area contributed by atoms with Gasteiger partial charge in [-0.2, -0.15) is 5.10 Å². The molecule has 0 unspecified atom stereocenters. The molecule has 1 heterocycles. The molecule has 0 amide bonds. The van der Waals surface area contributed by atoms with Gasteiger partial charge in [-0.15, -0.1) is 0 Å². The Kier molecular flexibility index (Phi) is 2.63. The van der Waals surface area contributed by atoms with Gasteiger partial charge < -0.3 is 0 Å². The van der Waals surface area contributed by atoms with Crippen LogP contribution in [0.2, 0.25) is 0 Å². The third kappa shape index (κ3) is 2.19. The Hall–Kier alpha value is -1.12. The Labute approximate surface area is 72.4 Å². The van der Waals surface area contributed by atoms with Crippen LogP contribution in [0.15, 0.2) is 12.4 Å². The molecule has 0 aliphatic rings. The fourth-order valence-electron chi connectivity index (χ4n) is 1.02. The summed E-state index contributed by atoms with van der Waals surface area (Å²) in [6.07, 6.45) is 3.41. The van der Waals surface area contributed by atoms with Crippen LogP contribution in [0.1, 0.15) is 31.1 Å². The van der Waals surface area contributed by atoms with Crippen LogP contribution in [-0.2, 0) is 6.54 Å². The smallest absolute Gasteiger partial charge is 0.162 e. The quantitative estimate of drug-likeness (QED) is 0.641. The molecule has 0 radical (unpaired) electrons. The number of hydrogen-bond acceptors (Lipinski definition) is 2. The van der Waals surface area contributed by atoms with E-state index in [-0.39, 0.29) is 5.78 Å². The van der Waals surface area contributed by atoms with Gasteiger partial charge in [-0.1, -0.05) is 13.8 Å². The lowest BCUT2D eigenvalue weighted by molar-refractivity contribution is 0.101. The summed E-state index contributed by atoms with van der Waals surface area (Å²) < 4.78 is 1.81. The number of carbonyl (C=O) groups excluding carboxylic acids is 1. The van der Waals surface area contributed by atoms with E-state index < -0.39 is 0 Å². The number of hydrogen-bond donors (Lipinski definition) is 0. The highest BCUT2D eigenvalue weighted by Gasteiger charge is 2.03. The van der Waals surface area contributed by atoms with Crippen LogP contribution in [0, 0.1) is 5.92 Å². The van der Waals surface area contributed by atoms with Gasteiger partial charge in [0, 0.05) is 12.7 Å². The number of ketones is 1. The summed E-state index contributed by atoms with van der Waals surface area (Å²) >= 11 is 0. The fraction of sp³-hybridized carbons (Fsp3) is 0.556. The predicted octanol–water partition coefficient (Wildman–Crippen LogP) is 1.74. The van der Waals surface area contributed by atoms with Crippen molar-refractivity contribution in [1.82, 2.24) is 9.78 Å². The van der Waals surface area contributed by atoms with Crippen molar-refractivity contribution < 1.29 is 4.79 Å². The van der Waals surface area contributed by atoms with E-state index in [9.17, 15) is 4.79 Å². The Morgan fingerprint density at radius 1 is 1.67 bits per heavy atom. The van der Waals surface area contributed by atoms with Gasteiger partial charge in [-0.3, -0.25) is 9.48 Å². The van der Waals surface area contributed by atoms with Gasteiger partial charge in [0.2, 0.25) is 0 Å². The summed E-state index contributed by atoms with van der Waals surface area (Å²) in [6.45, 7) is 6.66. The van der Waals surface area contributed by atoms with E-state index >= 15 is 0 Å². The van der Waals surface area contributed by atoms with Gasteiger partial charge in [0.15, 0.2) is 5.78 Å². The van der Waals surface area contributed by atoms with E-state index in [1.165, 1.54) is 0 Å². The molecular weight excluding hydrogens is 152 g/mol. The standard InChI is InChI=1S/C9H14N2O/c1-7(2)5-11-6-9(4-10-11)8(3)12/h4,6-7H,5H2,1-3H3. The topological polar surface area (TPSA) is 34.9 Å². The molecule has 0 N–H and O–H groups in total. The molecule has 0 aliphatic carbocycles. The van der Waals surface area contributed by atoms with Crippen LogP contribution in [0.3, 0.4) is 0 Å². The Balaban J connectivity index is 2.71. The van der Waals surface area contributed by atoms with Gasteiger partial charge in [-0.25, -0.2) is 0 Å². The first-order valence-electron chi connectivity index (χ1n) is 4.13. The molecule has 0 saturated heterocycles.